The fraction of sp³-hybridized carbons (Fsp3) is 0.857. The summed E-state index contributed by atoms with van der Waals surface area (Å²) in [6, 6.07) is 0. The van der Waals surface area contributed by atoms with Gasteiger partial charge in [0, 0.05) is 33.2 Å². The first-order chi connectivity index (χ1) is 9.15. The van der Waals surface area contributed by atoms with Crippen molar-refractivity contribution in [2.75, 3.05) is 26.8 Å². The highest BCUT2D eigenvalue weighted by Gasteiger charge is 2.43. The number of hydrogen-bond donors (Lipinski definition) is 1. The van der Waals surface area contributed by atoms with Crippen molar-refractivity contribution in [1.82, 2.24) is 20.1 Å². The largest absolute Gasteiger partial charge is 0.383 e. The van der Waals surface area contributed by atoms with Gasteiger partial charge in [0.2, 0.25) is 0 Å². The van der Waals surface area contributed by atoms with Gasteiger partial charge in [-0.25, -0.2) is 9.67 Å². The van der Waals surface area contributed by atoms with Gasteiger partial charge in [-0.2, -0.15) is 5.10 Å². The molecule has 1 aliphatic carbocycles. The number of hydrogen-bond acceptors (Lipinski definition) is 4. The van der Waals surface area contributed by atoms with E-state index in [9.17, 15) is 0 Å². The zero-order chi connectivity index (χ0) is 13.7. The zero-order valence-corrected chi connectivity index (χ0v) is 12.4. The van der Waals surface area contributed by atoms with Crippen molar-refractivity contribution in [3.63, 3.8) is 0 Å². The van der Waals surface area contributed by atoms with Crippen LogP contribution in [0.2, 0.25) is 0 Å². The monoisotopic (exact) mass is 266 g/mol. The van der Waals surface area contributed by atoms with Crippen LogP contribution in [-0.2, 0) is 17.7 Å². The third-order valence-corrected chi connectivity index (χ3v) is 3.71. The molecular formula is C14H26N4O. The quantitative estimate of drug-likeness (QED) is 0.688. The van der Waals surface area contributed by atoms with Crippen LogP contribution in [0.5, 0.6) is 0 Å². The molecule has 5 nitrogen and oxygen atoms in total. The Hall–Kier alpha value is -0.940. The summed E-state index contributed by atoms with van der Waals surface area (Å²) in [5, 5.41) is 7.82. The summed E-state index contributed by atoms with van der Waals surface area (Å²) in [6.45, 7) is 8.15. The summed E-state index contributed by atoms with van der Waals surface area (Å²) < 4.78 is 7.13. The third kappa shape index (κ3) is 4.28. The molecule has 0 bridgehead atoms. The predicted molar refractivity (Wildman–Crippen MR) is 75.0 cm³/mol. The van der Waals surface area contributed by atoms with E-state index in [1.54, 1.807) is 13.4 Å². The van der Waals surface area contributed by atoms with E-state index in [1.807, 2.05) is 0 Å². The first-order valence-electron chi connectivity index (χ1n) is 7.21. The minimum atomic E-state index is 0.412. The van der Waals surface area contributed by atoms with Gasteiger partial charge in [0.1, 0.15) is 12.2 Å². The molecule has 1 saturated carbocycles. The summed E-state index contributed by atoms with van der Waals surface area (Å²) in [4.78, 5) is 4.44. The summed E-state index contributed by atoms with van der Waals surface area (Å²) in [6.07, 6.45) is 5.31. The van der Waals surface area contributed by atoms with Crippen molar-refractivity contribution in [1.29, 1.82) is 0 Å². The van der Waals surface area contributed by atoms with E-state index >= 15 is 0 Å². The van der Waals surface area contributed by atoms with Gasteiger partial charge in [0.15, 0.2) is 0 Å². The van der Waals surface area contributed by atoms with Crippen LogP contribution in [0.15, 0.2) is 6.33 Å². The number of nitrogens with zero attached hydrogens (tertiary/aromatic N) is 3. The smallest absolute Gasteiger partial charge is 0.138 e. The minimum absolute atomic E-state index is 0.412. The Labute approximate surface area is 115 Å². The van der Waals surface area contributed by atoms with Crippen molar-refractivity contribution < 1.29 is 4.74 Å². The second kappa shape index (κ2) is 6.48. The van der Waals surface area contributed by atoms with Crippen LogP contribution in [0.4, 0.5) is 0 Å². The maximum absolute atomic E-state index is 5.06. The third-order valence-electron chi connectivity index (χ3n) is 3.71. The molecule has 19 heavy (non-hydrogen) atoms. The van der Waals surface area contributed by atoms with E-state index in [1.165, 1.54) is 12.8 Å². The summed E-state index contributed by atoms with van der Waals surface area (Å²) >= 11 is 0. The lowest BCUT2D eigenvalue weighted by Crippen LogP contribution is -2.29. The molecule has 1 N–H and O–H groups in total. The highest BCUT2D eigenvalue weighted by molar-refractivity contribution is 5.03. The molecule has 0 radical (unpaired) electrons. The molecule has 108 valence electrons. The predicted octanol–water partition coefficient (Wildman–Crippen LogP) is 1.49. The van der Waals surface area contributed by atoms with Gasteiger partial charge in [0.05, 0.1) is 6.61 Å². The Morgan fingerprint density at radius 2 is 2.26 bits per heavy atom. The number of methoxy groups -OCH3 is 1. The lowest BCUT2D eigenvalue weighted by atomic mass is 10.0. The van der Waals surface area contributed by atoms with Crippen LogP contribution in [0.3, 0.4) is 0 Å². The maximum Gasteiger partial charge on any atom is 0.138 e. The molecule has 0 saturated heterocycles. The van der Waals surface area contributed by atoms with E-state index in [0.717, 1.165) is 38.5 Å². The number of aromatic nitrogens is 3. The summed E-state index contributed by atoms with van der Waals surface area (Å²) in [7, 11) is 1.74. The van der Waals surface area contributed by atoms with E-state index in [-0.39, 0.29) is 0 Å². The molecule has 5 heteroatoms. The Bertz CT molecular complexity index is 385. The number of ether oxygens (including phenoxy) is 1. The fourth-order valence-electron chi connectivity index (χ4n) is 2.38. The molecule has 0 amide bonds. The number of nitrogens with one attached hydrogen (secondary N) is 1. The average Bonchev–Trinajstić information content (AvgIpc) is 3.00. The van der Waals surface area contributed by atoms with E-state index in [4.69, 9.17) is 4.74 Å². The molecule has 1 aliphatic rings. The molecule has 2 rings (SSSR count). The van der Waals surface area contributed by atoms with Gasteiger partial charge in [0.25, 0.3) is 0 Å². The van der Waals surface area contributed by atoms with Gasteiger partial charge in [-0.3, -0.25) is 0 Å². The van der Waals surface area contributed by atoms with Crippen LogP contribution >= 0.6 is 0 Å². The second-order valence-electron chi connectivity index (χ2n) is 6.10. The summed E-state index contributed by atoms with van der Waals surface area (Å²) in [5.41, 5.74) is 0.412. The minimum Gasteiger partial charge on any atom is -0.383 e. The number of rotatable bonds is 9. The van der Waals surface area contributed by atoms with E-state index < -0.39 is 0 Å². The molecular weight excluding hydrogens is 240 g/mol. The van der Waals surface area contributed by atoms with Crippen molar-refractivity contribution in [2.45, 2.75) is 39.7 Å². The topological polar surface area (TPSA) is 52.0 Å². The second-order valence-corrected chi connectivity index (χ2v) is 6.10. The molecule has 1 fully saturated rings. The van der Waals surface area contributed by atoms with Gasteiger partial charge in [-0.1, -0.05) is 13.8 Å². The first-order valence-corrected chi connectivity index (χ1v) is 7.21. The molecule has 1 aromatic heterocycles. The average molecular weight is 266 g/mol. The Balaban J connectivity index is 1.84. The highest BCUT2D eigenvalue weighted by atomic mass is 16.5. The molecule has 0 aromatic carbocycles. The summed E-state index contributed by atoms with van der Waals surface area (Å²) in [5.74, 6) is 1.75. The fourth-order valence-corrected chi connectivity index (χ4v) is 2.38. The van der Waals surface area contributed by atoms with Gasteiger partial charge in [-0.05, 0) is 24.2 Å². The van der Waals surface area contributed by atoms with Crippen LogP contribution in [-0.4, -0.2) is 41.6 Å². The van der Waals surface area contributed by atoms with Gasteiger partial charge < -0.3 is 10.1 Å². The molecule has 0 aliphatic heterocycles. The normalized spacial score (nSPS) is 17.1. The standard InChI is InChI=1S/C14H26N4O/c1-12(2)9-18-13(16-11-17-18)8-14(4-5-14)10-15-6-7-19-3/h11-12,15H,4-10H2,1-3H3. The Kier molecular flexibility index (Phi) is 4.93. The molecule has 1 heterocycles. The van der Waals surface area contributed by atoms with Crippen LogP contribution in [0.1, 0.15) is 32.5 Å². The Morgan fingerprint density at radius 3 is 2.89 bits per heavy atom. The van der Waals surface area contributed by atoms with Crippen molar-refractivity contribution >= 4 is 0 Å². The van der Waals surface area contributed by atoms with Crippen LogP contribution < -0.4 is 5.32 Å². The van der Waals surface area contributed by atoms with Crippen LogP contribution in [0, 0.1) is 11.3 Å². The lowest BCUT2D eigenvalue weighted by Gasteiger charge is -2.16. The molecule has 0 atom stereocenters. The SMILES string of the molecule is COCCNCC1(Cc2ncnn2CC(C)C)CC1. The van der Waals surface area contributed by atoms with Gasteiger partial charge >= 0.3 is 0 Å². The van der Waals surface area contributed by atoms with E-state index in [2.05, 4.69) is 33.9 Å². The Morgan fingerprint density at radius 1 is 1.47 bits per heavy atom. The van der Waals surface area contributed by atoms with Gasteiger partial charge in [-0.15, -0.1) is 0 Å². The van der Waals surface area contributed by atoms with Crippen molar-refractivity contribution in [2.24, 2.45) is 11.3 Å². The molecule has 0 unspecified atom stereocenters. The first kappa shape index (κ1) is 14.5. The zero-order valence-electron chi connectivity index (χ0n) is 12.4. The van der Waals surface area contributed by atoms with Crippen molar-refractivity contribution in [3.8, 4) is 0 Å². The van der Waals surface area contributed by atoms with Crippen molar-refractivity contribution in [3.05, 3.63) is 12.2 Å². The molecule has 1 aromatic rings. The molecule has 0 spiro atoms. The maximum atomic E-state index is 5.06. The highest BCUT2D eigenvalue weighted by Crippen LogP contribution is 2.47. The van der Waals surface area contributed by atoms with E-state index in [0.29, 0.717) is 11.3 Å². The lowest BCUT2D eigenvalue weighted by molar-refractivity contribution is 0.197. The van der Waals surface area contributed by atoms with Crippen LogP contribution in [0.25, 0.3) is 0 Å².